The van der Waals surface area contributed by atoms with Crippen molar-refractivity contribution in [2.75, 3.05) is 13.1 Å². The minimum Gasteiger partial charge on any atom is -0.339 e. The topological polar surface area (TPSA) is 42.2 Å². The smallest absolute Gasteiger partial charge is 0.232 e. The summed E-state index contributed by atoms with van der Waals surface area (Å²) in [6, 6.07) is 23.3. The molecule has 4 aromatic rings. The molecule has 1 fully saturated rings. The van der Waals surface area contributed by atoms with E-state index in [9.17, 15) is 0 Å². The predicted octanol–water partition coefficient (Wildman–Crippen LogP) is 5.06. The second-order valence-electron chi connectivity index (χ2n) is 6.89. The number of benzene rings is 2. The van der Waals surface area contributed by atoms with Gasteiger partial charge in [-0.1, -0.05) is 65.8 Å². The minimum absolute atomic E-state index is 0.342. The molecule has 0 spiro atoms. The Morgan fingerprint density at radius 3 is 2.44 bits per heavy atom. The Morgan fingerprint density at radius 2 is 1.70 bits per heavy atom. The van der Waals surface area contributed by atoms with Gasteiger partial charge in [-0.3, -0.25) is 4.90 Å². The Kier molecular flexibility index (Phi) is 4.32. The molecule has 2 aromatic carbocycles. The summed E-state index contributed by atoms with van der Waals surface area (Å²) in [5.41, 5.74) is 3.84. The van der Waals surface area contributed by atoms with Crippen LogP contribution >= 0.6 is 11.3 Å². The van der Waals surface area contributed by atoms with Crippen molar-refractivity contribution in [2.45, 2.75) is 12.5 Å². The van der Waals surface area contributed by atoms with Gasteiger partial charge in [-0.05, 0) is 28.1 Å². The van der Waals surface area contributed by atoms with Crippen molar-refractivity contribution in [2.24, 2.45) is 0 Å². The van der Waals surface area contributed by atoms with Crippen molar-refractivity contribution >= 4 is 11.3 Å². The summed E-state index contributed by atoms with van der Waals surface area (Å²) >= 11 is 1.63. The van der Waals surface area contributed by atoms with Gasteiger partial charge in [-0.15, -0.1) is 11.3 Å². The lowest BCUT2D eigenvalue weighted by Gasteiger charge is -2.37. The quantitative estimate of drug-likeness (QED) is 0.490. The van der Waals surface area contributed by atoms with Crippen molar-refractivity contribution in [3.63, 3.8) is 0 Å². The molecular weight excluding hydrogens is 354 g/mol. The molecule has 3 heterocycles. The van der Waals surface area contributed by atoms with Gasteiger partial charge in [0.25, 0.3) is 0 Å². The average Bonchev–Trinajstić information content (AvgIpc) is 3.37. The summed E-state index contributed by atoms with van der Waals surface area (Å²) in [5.74, 6) is 1.80. The third kappa shape index (κ3) is 3.44. The first-order valence-electron chi connectivity index (χ1n) is 9.09. The van der Waals surface area contributed by atoms with Crippen molar-refractivity contribution in [1.29, 1.82) is 0 Å². The molecular formula is C22H19N3OS. The standard InChI is InChI=1S/C22H19N3OS/c1-2-5-17(6-3-1)18-10-8-16(9-11-18)13-25-14-19(15-25)22-23-21(24-26-22)20-7-4-12-27-20/h1-12,19H,13-15H2. The molecule has 0 amide bonds. The van der Waals surface area contributed by atoms with Crippen LogP contribution in [0.15, 0.2) is 76.6 Å². The summed E-state index contributed by atoms with van der Waals surface area (Å²) in [6.45, 7) is 2.89. The van der Waals surface area contributed by atoms with Crippen LogP contribution in [0.5, 0.6) is 0 Å². The van der Waals surface area contributed by atoms with Crippen LogP contribution in [0.1, 0.15) is 17.4 Å². The lowest BCUT2D eigenvalue weighted by Crippen LogP contribution is -2.44. The highest BCUT2D eigenvalue weighted by Crippen LogP contribution is 2.30. The van der Waals surface area contributed by atoms with E-state index in [2.05, 4.69) is 63.6 Å². The molecule has 5 rings (SSSR count). The van der Waals surface area contributed by atoms with Crippen LogP contribution < -0.4 is 0 Å². The maximum atomic E-state index is 5.47. The number of likely N-dealkylation sites (tertiary alicyclic amines) is 1. The zero-order valence-electron chi connectivity index (χ0n) is 14.8. The normalized spacial score (nSPS) is 15.0. The molecule has 0 radical (unpaired) electrons. The van der Waals surface area contributed by atoms with Crippen molar-refractivity contribution < 1.29 is 4.52 Å². The van der Waals surface area contributed by atoms with Crippen LogP contribution in [-0.4, -0.2) is 28.1 Å². The monoisotopic (exact) mass is 373 g/mol. The number of hydrogen-bond acceptors (Lipinski definition) is 5. The molecule has 134 valence electrons. The zero-order valence-corrected chi connectivity index (χ0v) is 15.6. The van der Waals surface area contributed by atoms with Crippen molar-refractivity contribution in [3.05, 3.63) is 83.6 Å². The fraction of sp³-hybridized carbons (Fsp3) is 0.182. The van der Waals surface area contributed by atoms with E-state index in [0.29, 0.717) is 11.7 Å². The molecule has 27 heavy (non-hydrogen) atoms. The summed E-state index contributed by atoms with van der Waals surface area (Å²) in [4.78, 5) is 8.04. The molecule has 2 aromatic heterocycles. The molecule has 0 unspecified atom stereocenters. The highest BCUT2D eigenvalue weighted by molar-refractivity contribution is 7.13. The Morgan fingerprint density at radius 1 is 0.926 bits per heavy atom. The SMILES string of the molecule is c1ccc(-c2ccc(CN3CC(c4nc(-c5cccs5)no4)C3)cc2)cc1. The Hall–Kier alpha value is -2.76. The summed E-state index contributed by atoms with van der Waals surface area (Å²) in [7, 11) is 0. The second-order valence-corrected chi connectivity index (χ2v) is 7.84. The van der Waals surface area contributed by atoms with E-state index in [1.807, 2.05) is 23.6 Å². The Bertz CT molecular complexity index is 1000. The lowest BCUT2D eigenvalue weighted by atomic mass is 9.98. The first-order valence-corrected chi connectivity index (χ1v) is 9.97. The third-order valence-electron chi connectivity index (χ3n) is 4.96. The van der Waals surface area contributed by atoms with Crippen LogP contribution in [0.2, 0.25) is 0 Å². The van der Waals surface area contributed by atoms with Crippen molar-refractivity contribution in [3.8, 4) is 21.8 Å². The van der Waals surface area contributed by atoms with Gasteiger partial charge in [0, 0.05) is 19.6 Å². The van der Waals surface area contributed by atoms with Gasteiger partial charge >= 0.3 is 0 Å². The van der Waals surface area contributed by atoms with Gasteiger partial charge in [0.2, 0.25) is 11.7 Å². The number of rotatable bonds is 5. The van der Waals surface area contributed by atoms with Gasteiger partial charge < -0.3 is 4.52 Å². The molecule has 4 nitrogen and oxygen atoms in total. The van der Waals surface area contributed by atoms with E-state index in [0.717, 1.165) is 30.4 Å². The highest BCUT2D eigenvalue weighted by atomic mass is 32.1. The fourth-order valence-electron chi connectivity index (χ4n) is 3.45. The van der Waals surface area contributed by atoms with Crippen LogP contribution in [-0.2, 0) is 6.54 Å². The number of hydrogen-bond donors (Lipinski definition) is 0. The van der Waals surface area contributed by atoms with Crippen LogP contribution in [0.3, 0.4) is 0 Å². The average molecular weight is 373 g/mol. The molecule has 0 N–H and O–H groups in total. The van der Waals surface area contributed by atoms with Gasteiger partial charge in [-0.2, -0.15) is 4.98 Å². The number of aromatic nitrogens is 2. The molecule has 0 saturated carbocycles. The summed E-state index contributed by atoms with van der Waals surface area (Å²) < 4.78 is 5.47. The van der Waals surface area contributed by atoms with Crippen molar-refractivity contribution in [1.82, 2.24) is 15.0 Å². The summed E-state index contributed by atoms with van der Waals surface area (Å²) in [5, 5.41) is 6.14. The maximum Gasteiger partial charge on any atom is 0.232 e. The zero-order chi connectivity index (χ0) is 18.1. The molecule has 0 atom stereocenters. The molecule has 5 heteroatoms. The van der Waals surface area contributed by atoms with Crippen LogP contribution in [0.4, 0.5) is 0 Å². The first-order chi connectivity index (χ1) is 13.3. The Labute approximate surface area is 162 Å². The van der Waals surface area contributed by atoms with E-state index in [1.165, 1.54) is 16.7 Å². The number of thiophene rings is 1. The molecule has 1 aliphatic heterocycles. The van der Waals surface area contributed by atoms with E-state index < -0.39 is 0 Å². The molecule has 0 bridgehead atoms. The van der Waals surface area contributed by atoms with Crippen LogP contribution in [0, 0.1) is 0 Å². The predicted molar refractivity (Wildman–Crippen MR) is 108 cm³/mol. The second kappa shape index (κ2) is 7.10. The number of nitrogens with zero attached hydrogens (tertiary/aromatic N) is 3. The third-order valence-corrected chi connectivity index (χ3v) is 5.82. The van der Waals surface area contributed by atoms with E-state index in [1.54, 1.807) is 11.3 Å². The largest absolute Gasteiger partial charge is 0.339 e. The lowest BCUT2D eigenvalue weighted by molar-refractivity contribution is 0.117. The van der Waals surface area contributed by atoms with Gasteiger partial charge in [0.05, 0.1) is 10.8 Å². The van der Waals surface area contributed by atoms with Gasteiger partial charge in [0.1, 0.15) is 0 Å². The molecule has 0 aliphatic carbocycles. The van der Waals surface area contributed by atoms with Crippen LogP contribution in [0.25, 0.3) is 21.8 Å². The van der Waals surface area contributed by atoms with E-state index in [-0.39, 0.29) is 0 Å². The molecule has 1 aliphatic rings. The molecule has 1 saturated heterocycles. The first kappa shape index (κ1) is 16.4. The van der Waals surface area contributed by atoms with Gasteiger partial charge in [0.15, 0.2) is 0 Å². The fourth-order valence-corrected chi connectivity index (χ4v) is 4.10. The van der Waals surface area contributed by atoms with E-state index in [4.69, 9.17) is 4.52 Å². The Balaban J connectivity index is 1.18. The maximum absolute atomic E-state index is 5.47. The minimum atomic E-state index is 0.342. The highest BCUT2D eigenvalue weighted by Gasteiger charge is 2.32. The van der Waals surface area contributed by atoms with Gasteiger partial charge in [-0.25, -0.2) is 0 Å². The summed E-state index contributed by atoms with van der Waals surface area (Å²) in [6.07, 6.45) is 0. The van der Waals surface area contributed by atoms with E-state index >= 15 is 0 Å².